The summed E-state index contributed by atoms with van der Waals surface area (Å²) in [5.41, 5.74) is 2.93. The SMILES string of the molecule is Cl.Fc1ccc2c(c1)-c1sc(COCCN3CCCCC3)cc1-c1ccccc1O2. The lowest BCUT2D eigenvalue weighted by Crippen LogP contribution is -2.32. The summed E-state index contributed by atoms with van der Waals surface area (Å²) in [7, 11) is 0. The summed E-state index contributed by atoms with van der Waals surface area (Å²) >= 11 is 1.66. The van der Waals surface area contributed by atoms with E-state index in [9.17, 15) is 4.39 Å². The third-order valence-corrected chi connectivity index (χ3v) is 6.75. The maximum atomic E-state index is 14.0. The van der Waals surface area contributed by atoms with Crippen LogP contribution in [-0.2, 0) is 11.3 Å². The monoisotopic (exact) mass is 445 g/mol. The molecule has 1 aromatic heterocycles. The molecule has 0 bridgehead atoms. The fraction of sp³-hybridized carbons (Fsp3) is 0.333. The number of hydrogen-bond acceptors (Lipinski definition) is 4. The third-order valence-electron chi connectivity index (χ3n) is 5.61. The van der Waals surface area contributed by atoms with Crippen molar-refractivity contribution in [1.82, 2.24) is 4.90 Å². The molecule has 3 aromatic rings. The summed E-state index contributed by atoms with van der Waals surface area (Å²) in [5.74, 6) is 1.24. The van der Waals surface area contributed by atoms with Crippen molar-refractivity contribution in [3.05, 3.63) is 59.2 Å². The zero-order valence-electron chi connectivity index (χ0n) is 16.7. The minimum Gasteiger partial charge on any atom is -0.456 e. The topological polar surface area (TPSA) is 21.7 Å². The van der Waals surface area contributed by atoms with Gasteiger partial charge in [-0.1, -0.05) is 24.6 Å². The van der Waals surface area contributed by atoms with Crippen LogP contribution in [0.2, 0.25) is 0 Å². The van der Waals surface area contributed by atoms with Crippen LogP contribution in [0.15, 0.2) is 48.5 Å². The number of halogens is 2. The van der Waals surface area contributed by atoms with E-state index in [0.29, 0.717) is 12.4 Å². The second-order valence-electron chi connectivity index (χ2n) is 7.65. The van der Waals surface area contributed by atoms with E-state index in [0.717, 1.165) is 45.3 Å². The molecule has 5 rings (SSSR count). The van der Waals surface area contributed by atoms with Gasteiger partial charge in [0.25, 0.3) is 0 Å². The van der Waals surface area contributed by atoms with Crippen LogP contribution in [0.3, 0.4) is 0 Å². The van der Waals surface area contributed by atoms with Gasteiger partial charge in [0.1, 0.15) is 17.3 Å². The summed E-state index contributed by atoms with van der Waals surface area (Å²) < 4.78 is 26.1. The third kappa shape index (κ3) is 4.40. The highest BCUT2D eigenvalue weighted by molar-refractivity contribution is 7.16. The molecule has 3 heterocycles. The molecular formula is C24H25ClFNO2S. The molecule has 0 radical (unpaired) electrons. The Morgan fingerprint density at radius 2 is 1.73 bits per heavy atom. The van der Waals surface area contributed by atoms with Crippen molar-refractivity contribution in [2.75, 3.05) is 26.2 Å². The van der Waals surface area contributed by atoms with Crippen LogP contribution in [0.5, 0.6) is 11.5 Å². The predicted octanol–water partition coefficient (Wildman–Crippen LogP) is 6.75. The molecule has 2 aliphatic heterocycles. The average Bonchev–Trinajstić information content (AvgIpc) is 3.12. The first kappa shape index (κ1) is 21.3. The van der Waals surface area contributed by atoms with Crippen LogP contribution in [0.4, 0.5) is 4.39 Å². The van der Waals surface area contributed by atoms with Gasteiger partial charge in [-0.3, -0.25) is 0 Å². The van der Waals surface area contributed by atoms with Gasteiger partial charge in [0, 0.05) is 33.0 Å². The van der Waals surface area contributed by atoms with Gasteiger partial charge in [-0.15, -0.1) is 23.7 Å². The van der Waals surface area contributed by atoms with Crippen molar-refractivity contribution < 1.29 is 13.9 Å². The van der Waals surface area contributed by atoms with Gasteiger partial charge < -0.3 is 14.4 Å². The molecule has 0 N–H and O–H groups in total. The van der Waals surface area contributed by atoms with Crippen LogP contribution < -0.4 is 4.74 Å². The fourth-order valence-corrected chi connectivity index (χ4v) is 5.26. The minimum absolute atomic E-state index is 0. The first-order valence-corrected chi connectivity index (χ1v) is 11.1. The highest BCUT2D eigenvalue weighted by Gasteiger charge is 2.23. The number of likely N-dealkylation sites (tertiary alicyclic amines) is 1. The molecule has 6 heteroatoms. The molecule has 0 aliphatic carbocycles. The number of piperidine rings is 1. The Morgan fingerprint density at radius 1 is 0.933 bits per heavy atom. The lowest BCUT2D eigenvalue weighted by molar-refractivity contribution is 0.0878. The van der Waals surface area contributed by atoms with Gasteiger partial charge in [0.15, 0.2) is 0 Å². The maximum absolute atomic E-state index is 14.0. The Bertz CT molecular complexity index is 1020. The molecule has 0 amide bonds. The van der Waals surface area contributed by atoms with E-state index < -0.39 is 0 Å². The average molecular weight is 446 g/mol. The number of hydrogen-bond donors (Lipinski definition) is 0. The highest BCUT2D eigenvalue weighted by Crippen LogP contribution is 2.50. The van der Waals surface area contributed by atoms with Crippen molar-refractivity contribution in [2.45, 2.75) is 25.9 Å². The highest BCUT2D eigenvalue weighted by atomic mass is 35.5. The standard InChI is InChI=1S/C24H24FNO2S.ClH/c25-17-8-9-23-21(14-17)24-20(19-6-2-3-7-22(19)28-23)15-18(29-24)16-27-13-12-26-10-4-1-5-11-26;/h2-3,6-9,14-15H,1,4-5,10-13,16H2;1H. The first-order valence-electron chi connectivity index (χ1n) is 10.3. The molecule has 0 atom stereocenters. The molecule has 3 nitrogen and oxygen atoms in total. The minimum atomic E-state index is -0.253. The van der Waals surface area contributed by atoms with Gasteiger partial charge in [-0.2, -0.15) is 0 Å². The van der Waals surface area contributed by atoms with Gasteiger partial charge in [-0.05, 0) is 56.3 Å². The number of ether oxygens (including phenoxy) is 2. The first-order chi connectivity index (χ1) is 14.3. The van der Waals surface area contributed by atoms with Gasteiger partial charge in [-0.25, -0.2) is 4.39 Å². The molecule has 158 valence electrons. The number of benzene rings is 2. The van der Waals surface area contributed by atoms with Crippen molar-refractivity contribution in [1.29, 1.82) is 0 Å². The Kier molecular flexibility index (Phi) is 6.74. The fourth-order valence-electron chi connectivity index (χ4n) is 4.13. The quantitative estimate of drug-likeness (QED) is 0.317. The Labute approximate surface area is 186 Å². The summed E-state index contributed by atoms with van der Waals surface area (Å²) in [6.07, 6.45) is 3.95. The lowest BCUT2D eigenvalue weighted by atomic mass is 10.0. The van der Waals surface area contributed by atoms with E-state index >= 15 is 0 Å². The van der Waals surface area contributed by atoms with Crippen molar-refractivity contribution >= 4 is 23.7 Å². The smallest absolute Gasteiger partial charge is 0.136 e. The predicted molar refractivity (Wildman–Crippen MR) is 122 cm³/mol. The second kappa shape index (κ2) is 9.48. The number of thiophene rings is 1. The number of rotatable bonds is 5. The Hall–Kier alpha value is -1.92. The summed E-state index contributed by atoms with van der Waals surface area (Å²) in [6.45, 7) is 4.70. The van der Waals surface area contributed by atoms with Crippen molar-refractivity contribution in [2.24, 2.45) is 0 Å². The van der Waals surface area contributed by atoms with Gasteiger partial charge in [0.2, 0.25) is 0 Å². The van der Waals surface area contributed by atoms with E-state index in [1.54, 1.807) is 23.5 Å². The molecule has 0 spiro atoms. The van der Waals surface area contributed by atoms with E-state index in [1.165, 1.54) is 38.4 Å². The van der Waals surface area contributed by atoms with Crippen LogP contribution >= 0.6 is 23.7 Å². The maximum Gasteiger partial charge on any atom is 0.136 e. The molecule has 0 unspecified atom stereocenters. The van der Waals surface area contributed by atoms with Crippen molar-refractivity contribution in [3.63, 3.8) is 0 Å². The summed E-state index contributed by atoms with van der Waals surface area (Å²) in [5, 5.41) is 0. The molecule has 2 aliphatic rings. The van der Waals surface area contributed by atoms with Crippen LogP contribution in [0.1, 0.15) is 24.1 Å². The van der Waals surface area contributed by atoms with Crippen LogP contribution in [-0.4, -0.2) is 31.1 Å². The normalized spacial score (nSPS) is 15.2. The van der Waals surface area contributed by atoms with Crippen LogP contribution in [0, 0.1) is 5.82 Å². The van der Waals surface area contributed by atoms with Crippen LogP contribution in [0.25, 0.3) is 21.6 Å². The zero-order valence-corrected chi connectivity index (χ0v) is 18.4. The molecular weight excluding hydrogens is 421 g/mol. The molecule has 1 saturated heterocycles. The van der Waals surface area contributed by atoms with E-state index in [2.05, 4.69) is 17.0 Å². The van der Waals surface area contributed by atoms with Crippen molar-refractivity contribution in [3.8, 4) is 33.1 Å². The number of para-hydroxylation sites is 1. The lowest BCUT2D eigenvalue weighted by Gasteiger charge is -2.26. The molecule has 30 heavy (non-hydrogen) atoms. The Morgan fingerprint density at radius 3 is 2.60 bits per heavy atom. The van der Waals surface area contributed by atoms with Gasteiger partial charge >= 0.3 is 0 Å². The van der Waals surface area contributed by atoms with E-state index in [1.807, 2.05) is 18.2 Å². The molecule has 2 aromatic carbocycles. The molecule has 1 fully saturated rings. The van der Waals surface area contributed by atoms with E-state index in [4.69, 9.17) is 9.47 Å². The zero-order chi connectivity index (χ0) is 19.6. The summed E-state index contributed by atoms with van der Waals surface area (Å²) in [4.78, 5) is 4.68. The van der Waals surface area contributed by atoms with Gasteiger partial charge in [0.05, 0.1) is 13.2 Å². The Balaban J connectivity index is 0.00000218. The summed E-state index contributed by atoms with van der Waals surface area (Å²) in [6, 6.07) is 14.9. The number of fused-ring (bicyclic) bond motifs is 5. The molecule has 0 saturated carbocycles. The number of nitrogens with zero attached hydrogens (tertiary/aromatic N) is 1. The largest absolute Gasteiger partial charge is 0.456 e. The second-order valence-corrected chi connectivity index (χ2v) is 8.79. The van der Waals surface area contributed by atoms with E-state index in [-0.39, 0.29) is 18.2 Å².